The van der Waals surface area contributed by atoms with Crippen LogP contribution in [0.1, 0.15) is 66.6 Å². The van der Waals surface area contributed by atoms with Gasteiger partial charge in [0.1, 0.15) is 5.75 Å². The molecule has 3 atom stereocenters. The summed E-state index contributed by atoms with van der Waals surface area (Å²) in [5.74, 6) is 2.67. The van der Waals surface area contributed by atoms with Gasteiger partial charge in [-0.25, -0.2) is 9.97 Å². The van der Waals surface area contributed by atoms with E-state index >= 15 is 0 Å². The third-order valence-electron chi connectivity index (χ3n) is 7.46. The monoisotopic (exact) mass is 406 g/mol. The first-order valence-electron chi connectivity index (χ1n) is 11.5. The number of methoxy groups -OCH3 is 1. The predicted molar refractivity (Wildman–Crippen MR) is 120 cm³/mol. The summed E-state index contributed by atoms with van der Waals surface area (Å²) < 4.78 is 5.51. The molecule has 0 saturated carbocycles. The Bertz CT molecular complexity index is 943. The average molecular weight is 407 g/mol. The largest absolute Gasteiger partial charge is 0.496 e. The molecule has 160 valence electrons. The van der Waals surface area contributed by atoms with Crippen LogP contribution in [0, 0.1) is 19.8 Å². The van der Waals surface area contributed by atoms with Gasteiger partial charge in [0, 0.05) is 49.9 Å². The van der Waals surface area contributed by atoms with Crippen LogP contribution in [-0.4, -0.2) is 41.1 Å². The Kier molecular flexibility index (Phi) is 5.18. The highest BCUT2D eigenvalue weighted by Gasteiger charge is 2.41. The molecule has 0 amide bonds. The molecule has 4 heterocycles. The number of nitrogens with zero attached hydrogens (tertiary/aromatic N) is 4. The predicted octanol–water partition coefficient (Wildman–Crippen LogP) is 4.60. The van der Waals surface area contributed by atoms with Crippen molar-refractivity contribution in [3.63, 3.8) is 0 Å². The highest BCUT2D eigenvalue weighted by molar-refractivity contribution is 5.42. The number of benzene rings is 1. The minimum Gasteiger partial charge on any atom is -0.496 e. The van der Waals surface area contributed by atoms with Gasteiger partial charge in [0.25, 0.3) is 0 Å². The van der Waals surface area contributed by atoms with Crippen LogP contribution in [0.25, 0.3) is 0 Å². The lowest BCUT2D eigenvalue weighted by atomic mass is 9.97. The van der Waals surface area contributed by atoms with Gasteiger partial charge >= 0.3 is 0 Å². The second kappa shape index (κ2) is 7.84. The molecule has 2 saturated heterocycles. The third-order valence-corrected chi connectivity index (χ3v) is 7.46. The fraction of sp³-hybridized carbons (Fsp3) is 0.600. The van der Waals surface area contributed by atoms with Crippen LogP contribution in [0.4, 0.5) is 5.95 Å². The van der Waals surface area contributed by atoms with E-state index in [4.69, 9.17) is 14.7 Å². The zero-order valence-electron chi connectivity index (χ0n) is 18.8. The zero-order chi connectivity index (χ0) is 20.8. The number of hydrogen-bond acceptors (Lipinski definition) is 5. The van der Waals surface area contributed by atoms with Crippen molar-refractivity contribution in [1.29, 1.82) is 0 Å². The van der Waals surface area contributed by atoms with Crippen molar-refractivity contribution in [2.75, 3.05) is 25.1 Å². The molecule has 2 bridgehead atoms. The van der Waals surface area contributed by atoms with Crippen LogP contribution in [0.2, 0.25) is 0 Å². The van der Waals surface area contributed by atoms with Crippen LogP contribution >= 0.6 is 0 Å². The molecular weight excluding hydrogens is 372 g/mol. The molecule has 30 heavy (non-hydrogen) atoms. The lowest BCUT2D eigenvalue weighted by Crippen LogP contribution is -2.39. The summed E-state index contributed by atoms with van der Waals surface area (Å²) in [5.41, 5.74) is 6.60. The summed E-state index contributed by atoms with van der Waals surface area (Å²) in [4.78, 5) is 15.0. The maximum Gasteiger partial charge on any atom is 0.225 e. The first kappa shape index (κ1) is 19.8. The summed E-state index contributed by atoms with van der Waals surface area (Å²) in [6, 6.07) is 5.53. The van der Waals surface area contributed by atoms with E-state index in [9.17, 15) is 0 Å². The van der Waals surface area contributed by atoms with Gasteiger partial charge in [-0.15, -0.1) is 0 Å². The second-order valence-corrected chi connectivity index (χ2v) is 9.64. The second-order valence-electron chi connectivity index (χ2n) is 9.64. The maximum atomic E-state index is 5.51. The SMILES string of the molecule is COc1cc(C)c(CN2[C@@H]3CC[C@@H]2c2cnc(N4CCC[C@H](C)C4)nc2C3)cc1C. The molecule has 1 aromatic carbocycles. The van der Waals surface area contributed by atoms with E-state index < -0.39 is 0 Å². The molecule has 0 aliphatic carbocycles. The van der Waals surface area contributed by atoms with Gasteiger partial charge in [0.2, 0.25) is 5.95 Å². The van der Waals surface area contributed by atoms with E-state index in [0.29, 0.717) is 12.1 Å². The molecule has 0 N–H and O–H groups in total. The number of aromatic nitrogens is 2. The molecule has 5 rings (SSSR count). The fourth-order valence-corrected chi connectivity index (χ4v) is 5.77. The zero-order valence-corrected chi connectivity index (χ0v) is 18.8. The Labute approximate surface area is 180 Å². The Morgan fingerprint density at radius 3 is 2.80 bits per heavy atom. The first-order valence-corrected chi connectivity index (χ1v) is 11.5. The molecule has 5 heteroatoms. The van der Waals surface area contributed by atoms with Crippen LogP contribution in [0.3, 0.4) is 0 Å². The number of ether oxygens (including phenoxy) is 1. The maximum absolute atomic E-state index is 5.51. The summed E-state index contributed by atoms with van der Waals surface area (Å²) in [6.45, 7) is 9.86. The molecule has 5 nitrogen and oxygen atoms in total. The van der Waals surface area contributed by atoms with Crippen molar-refractivity contribution in [2.24, 2.45) is 5.92 Å². The van der Waals surface area contributed by atoms with E-state index in [2.05, 4.69) is 48.9 Å². The summed E-state index contributed by atoms with van der Waals surface area (Å²) in [7, 11) is 1.75. The van der Waals surface area contributed by atoms with Crippen LogP contribution in [0.15, 0.2) is 18.3 Å². The van der Waals surface area contributed by atoms with Gasteiger partial charge in [0.05, 0.1) is 12.8 Å². The van der Waals surface area contributed by atoms with Crippen molar-refractivity contribution in [3.8, 4) is 5.75 Å². The standard InChI is InChI=1S/C25H34N4O/c1-16-6-5-9-28(14-16)25-26-13-21-22(27-25)12-20-7-8-23(21)29(20)15-19-10-18(3)24(30-4)11-17(19)2/h10-11,13,16,20,23H,5-9,12,14-15H2,1-4H3/t16-,20+,23+/m0/s1. The van der Waals surface area contributed by atoms with Crippen molar-refractivity contribution in [1.82, 2.24) is 14.9 Å². The number of rotatable bonds is 4. The smallest absolute Gasteiger partial charge is 0.225 e. The Morgan fingerprint density at radius 2 is 2.00 bits per heavy atom. The quantitative estimate of drug-likeness (QED) is 0.742. The molecule has 0 spiro atoms. The highest BCUT2D eigenvalue weighted by Crippen LogP contribution is 2.44. The molecule has 1 aromatic heterocycles. The van der Waals surface area contributed by atoms with Crippen LogP contribution < -0.4 is 9.64 Å². The number of aryl methyl sites for hydroxylation is 2. The summed E-state index contributed by atoms with van der Waals surface area (Å²) >= 11 is 0. The highest BCUT2D eigenvalue weighted by atomic mass is 16.5. The van der Waals surface area contributed by atoms with Crippen molar-refractivity contribution in [3.05, 3.63) is 46.3 Å². The number of hydrogen-bond donors (Lipinski definition) is 0. The van der Waals surface area contributed by atoms with Crippen LogP contribution in [0.5, 0.6) is 5.75 Å². The topological polar surface area (TPSA) is 41.5 Å². The van der Waals surface area contributed by atoms with E-state index in [1.165, 1.54) is 53.6 Å². The number of piperidine rings is 1. The van der Waals surface area contributed by atoms with E-state index in [0.717, 1.165) is 43.7 Å². The molecule has 3 aliphatic heterocycles. The lowest BCUT2D eigenvalue weighted by molar-refractivity contribution is 0.166. The minimum absolute atomic E-state index is 0.454. The normalized spacial score (nSPS) is 26.0. The molecule has 2 fully saturated rings. The van der Waals surface area contributed by atoms with Gasteiger partial charge in [-0.3, -0.25) is 4.90 Å². The van der Waals surface area contributed by atoms with E-state index in [-0.39, 0.29) is 0 Å². The Balaban J connectivity index is 1.39. The van der Waals surface area contributed by atoms with Gasteiger partial charge in [-0.2, -0.15) is 0 Å². The van der Waals surface area contributed by atoms with Gasteiger partial charge in [-0.1, -0.05) is 13.0 Å². The molecule has 0 unspecified atom stereocenters. The van der Waals surface area contributed by atoms with Crippen LogP contribution in [-0.2, 0) is 13.0 Å². The average Bonchev–Trinajstić information content (AvgIpc) is 3.01. The Hall–Kier alpha value is -2.14. The van der Waals surface area contributed by atoms with Crippen molar-refractivity contribution < 1.29 is 4.74 Å². The summed E-state index contributed by atoms with van der Waals surface area (Å²) in [5, 5.41) is 0. The van der Waals surface area contributed by atoms with Gasteiger partial charge < -0.3 is 9.64 Å². The van der Waals surface area contributed by atoms with Gasteiger partial charge in [-0.05, 0) is 68.2 Å². The van der Waals surface area contributed by atoms with Crippen molar-refractivity contribution >= 4 is 5.95 Å². The molecular formula is C25H34N4O. The lowest BCUT2D eigenvalue weighted by Gasteiger charge is -2.37. The number of fused-ring (bicyclic) bond motifs is 4. The van der Waals surface area contributed by atoms with Gasteiger partial charge in [0.15, 0.2) is 0 Å². The minimum atomic E-state index is 0.454. The Morgan fingerprint density at radius 1 is 1.13 bits per heavy atom. The third kappa shape index (κ3) is 3.47. The molecule has 3 aliphatic rings. The first-order chi connectivity index (χ1) is 14.5. The molecule has 2 aromatic rings. The van der Waals surface area contributed by atoms with E-state index in [1.54, 1.807) is 7.11 Å². The van der Waals surface area contributed by atoms with Crippen molar-refractivity contribution in [2.45, 2.75) is 71.5 Å². The number of anilines is 1. The summed E-state index contributed by atoms with van der Waals surface area (Å²) in [6.07, 6.45) is 8.24. The molecule has 0 radical (unpaired) electrons. The van der Waals surface area contributed by atoms with E-state index in [1.807, 2.05) is 0 Å². The fourth-order valence-electron chi connectivity index (χ4n) is 5.77.